The van der Waals surface area contributed by atoms with Crippen LogP contribution in [0, 0.1) is 0 Å². The third-order valence-corrected chi connectivity index (χ3v) is 5.85. The maximum absolute atomic E-state index is 13.0. The molecule has 1 atom stereocenters. The van der Waals surface area contributed by atoms with Crippen LogP contribution in [0.2, 0.25) is 0 Å². The Hall–Kier alpha value is -2.29. The van der Waals surface area contributed by atoms with Gasteiger partial charge in [-0.2, -0.15) is 0 Å². The molecule has 156 valence electrons. The van der Waals surface area contributed by atoms with Crippen molar-refractivity contribution in [1.29, 1.82) is 0 Å². The number of fused-ring (bicyclic) bond motifs is 1. The predicted molar refractivity (Wildman–Crippen MR) is 109 cm³/mol. The van der Waals surface area contributed by atoms with E-state index in [1.165, 1.54) is 0 Å². The van der Waals surface area contributed by atoms with Gasteiger partial charge >= 0.3 is 0 Å². The fraction of sp³-hybridized carbons (Fsp3) is 0.571. The van der Waals surface area contributed by atoms with E-state index in [2.05, 4.69) is 4.90 Å². The molecule has 0 radical (unpaired) electrons. The molecule has 1 unspecified atom stereocenters. The molecule has 1 aromatic carbocycles. The molecule has 0 bridgehead atoms. The van der Waals surface area contributed by atoms with E-state index in [-0.39, 0.29) is 30.7 Å². The number of hydrogen-bond donors (Lipinski definition) is 1. The molecular formula is C21H28N4O4. The number of likely N-dealkylation sites (tertiary alicyclic amines) is 1. The molecule has 4 rings (SSSR count). The number of para-hydroxylation sites is 1. The summed E-state index contributed by atoms with van der Waals surface area (Å²) in [7, 11) is 0. The second-order valence-electron chi connectivity index (χ2n) is 7.60. The second kappa shape index (κ2) is 9.02. The first-order valence-electron chi connectivity index (χ1n) is 10.4. The Labute approximate surface area is 169 Å². The molecular weight excluding hydrogens is 372 g/mol. The van der Waals surface area contributed by atoms with Crippen molar-refractivity contribution in [2.45, 2.75) is 31.8 Å². The average molecular weight is 400 g/mol. The molecule has 0 aliphatic carbocycles. The molecule has 8 nitrogen and oxygen atoms in total. The van der Waals surface area contributed by atoms with Crippen molar-refractivity contribution in [3.63, 3.8) is 0 Å². The van der Waals surface area contributed by atoms with Gasteiger partial charge in [-0.1, -0.05) is 12.1 Å². The molecule has 2 aliphatic heterocycles. The van der Waals surface area contributed by atoms with Crippen LogP contribution in [0.15, 0.2) is 29.1 Å². The number of nitrogens with zero attached hydrogens (tertiary/aromatic N) is 4. The van der Waals surface area contributed by atoms with Crippen LogP contribution in [-0.2, 0) is 16.1 Å². The molecule has 0 spiro atoms. The highest BCUT2D eigenvalue weighted by Crippen LogP contribution is 2.30. The van der Waals surface area contributed by atoms with Gasteiger partial charge in [0.25, 0.3) is 5.56 Å². The fourth-order valence-electron chi connectivity index (χ4n) is 4.35. The zero-order chi connectivity index (χ0) is 20.2. The minimum atomic E-state index is -0.109. The Kier molecular flexibility index (Phi) is 6.22. The monoisotopic (exact) mass is 400 g/mol. The van der Waals surface area contributed by atoms with Crippen molar-refractivity contribution in [2.24, 2.45) is 0 Å². The molecule has 2 aliphatic rings. The average Bonchev–Trinajstić information content (AvgIpc) is 3.10. The molecule has 0 saturated carbocycles. The van der Waals surface area contributed by atoms with Crippen LogP contribution in [0.4, 0.5) is 0 Å². The molecule has 2 aromatic rings. The van der Waals surface area contributed by atoms with E-state index < -0.39 is 0 Å². The Bertz CT molecular complexity index is 929. The molecule has 1 N–H and O–H groups in total. The zero-order valence-corrected chi connectivity index (χ0v) is 16.6. The van der Waals surface area contributed by atoms with Crippen LogP contribution in [0.3, 0.4) is 0 Å². The van der Waals surface area contributed by atoms with Crippen molar-refractivity contribution < 1.29 is 14.6 Å². The van der Waals surface area contributed by atoms with Gasteiger partial charge < -0.3 is 14.7 Å². The smallest absolute Gasteiger partial charge is 0.261 e. The van der Waals surface area contributed by atoms with Gasteiger partial charge in [-0.25, -0.2) is 4.98 Å². The topological polar surface area (TPSA) is 87.9 Å². The lowest BCUT2D eigenvalue weighted by atomic mass is 10.1. The number of rotatable bonds is 6. The van der Waals surface area contributed by atoms with Gasteiger partial charge in [0.15, 0.2) is 0 Å². The van der Waals surface area contributed by atoms with E-state index in [1.54, 1.807) is 10.6 Å². The molecule has 3 heterocycles. The molecule has 8 heteroatoms. The quantitative estimate of drug-likeness (QED) is 0.771. The molecule has 29 heavy (non-hydrogen) atoms. The van der Waals surface area contributed by atoms with Crippen LogP contribution < -0.4 is 5.56 Å². The third kappa shape index (κ3) is 4.19. The van der Waals surface area contributed by atoms with E-state index in [0.29, 0.717) is 49.5 Å². The van der Waals surface area contributed by atoms with E-state index in [9.17, 15) is 14.7 Å². The minimum Gasteiger partial charge on any atom is -0.395 e. The van der Waals surface area contributed by atoms with Crippen molar-refractivity contribution in [3.8, 4) is 0 Å². The first-order valence-corrected chi connectivity index (χ1v) is 10.4. The zero-order valence-electron chi connectivity index (χ0n) is 16.6. The standard InChI is InChI=1S/C21H28N4O4/c26-13-11-25-20(22-17-5-2-1-4-16(17)21(25)28)18-6-3-8-23(18)9-10-24-12-15-29-14-7-19(24)27/h1-2,4-5,18,26H,3,6-15H2. The number of hydrogen-bond acceptors (Lipinski definition) is 6. The Balaban J connectivity index is 1.59. The highest BCUT2D eigenvalue weighted by molar-refractivity contribution is 5.77. The largest absolute Gasteiger partial charge is 0.395 e. The molecule has 1 amide bonds. The van der Waals surface area contributed by atoms with Gasteiger partial charge in [-0.05, 0) is 31.5 Å². The van der Waals surface area contributed by atoms with Crippen LogP contribution >= 0.6 is 0 Å². The molecule has 2 saturated heterocycles. The minimum absolute atomic E-state index is 0.0113. The summed E-state index contributed by atoms with van der Waals surface area (Å²) in [6.45, 7) is 4.12. The maximum atomic E-state index is 13.0. The van der Waals surface area contributed by atoms with Crippen LogP contribution in [0.1, 0.15) is 31.1 Å². The van der Waals surface area contributed by atoms with E-state index in [4.69, 9.17) is 9.72 Å². The Morgan fingerprint density at radius 2 is 1.97 bits per heavy atom. The first kappa shape index (κ1) is 20.0. The third-order valence-electron chi connectivity index (χ3n) is 5.85. The highest BCUT2D eigenvalue weighted by atomic mass is 16.5. The lowest BCUT2D eigenvalue weighted by molar-refractivity contribution is -0.130. The summed E-state index contributed by atoms with van der Waals surface area (Å²) in [6, 6.07) is 7.37. The van der Waals surface area contributed by atoms with E-state index in [1.807, 2.05) is 23.1 Å². The van der Waals surface area contributed by atoms with Crippen molar-refractivity contribution in [2.75, 3.05) is 46.0 Å². The first-order chi connectivity index (χ1) is 14.2. The lowest BCUT2D eigenvalue weighted by Gasteiger charge is -2.29. The maximum Gasteiger partial charge on any atom is 0.261 e. The van der Waals surface area contributed by atoms with Gasteiger partial charge in [0.1, 0.15) is 5.82 Å². The summed E-state index contributed by atoms with van der Waals surface area (Å²) in [5.41, 5.74) is 0.583. The van der Waals surface area contributed by atoms with E-state index in [0.717, 1.165) is 25.9 Å². The summed E-state index contributed by atoms with van der Waals surface area (Å²) in [5, 5.41) is 10.1. The number of carbonyl (C=O) groups is 1. The van der Waals surface area contributed by atoms with Gasteiger partial charge in [0.05, 0.1) is 49.7 Å². The highest BCUT2D eigenvalue weighted by Gasteiger charge is 2.31. The van der Waals surface area contributed by atoms with Gasteiger partial charge in [-0.3, -0.25) is 19.1 Å². The van der Waals surface area contributed by atoms with Gasteiger partial charge in [0.2, 0.25) is 5.91 Å². The summed E-state index contributed by atoms with van der Waals surface area (Å²) >= 11 is 0. The summed E-state index contributed by atoms with van der Waals surface area (Å²) in [4.78, 5) is 34.3. The fourth-order valence-corrected chi connectivity index (χ4v) is 4.35. The number of amides is 1. The summed E-state index contributed by atoms with van der Waals surface area (Å²) < 4.78 is 7.03. The number of carbonyl (C=O) groups excluding carboxylic acids is 1. The Morgan fingerprint density at radius 1 is 1.10 bits per heavy atom. The number of aliphatic hydroxyl groups excluding tert-OH is 1. The number of aliphatic hydroxyl groups is 1. The van der Waals surface area contributed by atoms with Gasteiger partial charge in [-0.15, -0.1) is 0 Å². The van der Waals surface area contributed by atoms with Crippen LogP contribution in [0.25, 0.3) is 10.9 Å². The number of aromatic nitrogens is 2. The normalized spacial score (nSPS) is 21.1. The van der Waals surface area contributed by atoms with Crippen LogP contribution in [-0.4, -0.2) is 76.4 Å². The summed E-state index contributed by atoms with van der Waals surface area (Å²) in [5.74, 6) is 0.852. The van der Waals surface area contributed by atoms with Crippen molar-refractivity contribution in [1.82, 2.24) is 19.4 Å². The lowest BCUT2D eigenvalue weighted by Crippen LogP contribution is -2.40. The molecule has 2 fully saturated rings. The second-order valence-corrected chi connectivity index (χ2v) is 7.60. The van der Waals surface area contributed by atoms with Crippen LogP contribution in [0.5, 0.6) is 0 Å². The number of ether oxygens (including phenoxy) is 1. The summed E-state index contributed by atoms with van der Waals surface area (Å²) in [6.07, 6.45) is 2.36. The molecule has 1 aromatic heterocycles. The van der Waals surface area contributed by atoms with Crippen molar-refractivity contribution >= 4 is 16.8 Å². The van der Waals surface area contributed by atoms with Crippen molar-refractivity contribution in [3.05, 3.63) is 40.4 Å². The Morgan fingerprint density at radius 3 is 2.83 bits per heavy atom. The van der Waals surface area contributed by atoms with E-state index >= 15 is 0 Å². The SMILES string of the molecule is O=C1CCOCCN1CCN1CCCC1c1nc2ccccc2c(=O)n1CCO. The predicted octanol–water partition coefficient (Wildman–Crippen LogP) is 0.775. The number of benzene rings is 1. The van der Waals surface area contributed by atoms with Gasteiger partial charge in [0, 0.05) is 19.6 Å².